The molecular formula is C13H14N2O4. The zero-order valence-corrected chi connectivity index (χ0v) is 10.3. The average Bonchev–Trinajstić information content (AvgIpc) is 2.63. The summed E-state index contributed by atoms with van der Waals surface area (Å²) in [4.78, 5) is 24.4. The van der Waals surface area contributed by atoms with Crippen LogP contribution in [0.3, 0.4) is 0 Å². The first-order valence-electron chi connectivity index (χ1n) is 6.25. The van der Waals surface area contributed by atoms with E-state index in [9.17, 15) is 9.59 Å². The first-order chi connectivity index (χ1) is 9.24. The molecule has 1 aromatic carbocycles. The van der Waals surface area contributed by atoms with Gasteiger partial charge < -0.3 is 9.47 Å². The Morgan fingerprint density at radius 1 is 1.11 bits per heavy atom. The van der Waals surface area contributed by atoms with Crippen LogP contribution in [0.2, 0.25) is 0 Å². The van der Waals surface area contributed by atoms with E-state index in [1.54, 1.807) is 18.2 Å². The van der Waals surface area contributed by atoms with Crippen LogP contribution in [0.5, 0.6) is 11.5 Å². The van der Waals surface area contributed by atoms with E-state index >= 15 is 0 Å². The van der Waals surface area contributed by atoms with Crippen LogP contribution in [0.1, 0.15) is 12.8 Å². The number of ether oxygens (including phenoxy) is 2. The van der Waals surface area contributed by atoms with Crippen molar-refractivity contribution in [3.05, 3.63) is 18.2 Å². The molecule has 1 saturated heterocycles. The fraction of sp³-hybridized carbons (Fsp3) is 0.385. The van der Waals surface area contributed by atoms with Crippen molar-refractivity contribution in [3.8, 4) is 11.5 Å². The van der Waals surface area contributed by atoms with Crippen LogP contribution in [-0.2, 0) is 4.79 Å². The van der Waals surface area contributed by atoms with Crippen LogP contribution < -0.4 is 19.7 Å². The zero-order chi connectivity index (χ0) is 13.2. The molecule has 2 heterocycles. The maximum atomic E-state index is 11.8. The summed E-state index contributed by atoms with van der Waals surface area (Å²) >= 11 is 0. The third-order valence-electron chi connectivity index (χ3n) is 3.10. The lowest BCUT2D eigenvalue weighted by atomic mass is 10.2. The SMILES string of the molecule is O=C1CCN(c2ccc3c(c2)OCCCO3)C(=O)N1. The fourth-order valence-electron chi connectivity index (χ4n) is 2.13. The second-order valence-corrected chi connectivity index (χ2v) is 4.44. The van der Waals surface area contributed by atoms with Crippen molar-refractivity contribution in [1.29, 1.82) is 0 Å². The van der Waals surface area contributed by atoms with Gasteiger partial charge in [-0.3, -0.25) is 15.0 Å². The molecule has 3 amide bonds. The molecule has 2 aliphatic heterocycles. The molecule has 3 rings (SSSR count). The normalized spacial score (nSPS) is 18.8. The number of nitrogens with zero attached hydrogens (tertiary/aromatic N) is 1. The standard InChI is InChI=1S/C13H14N2O4/c16-12-4-5-15(13(17)14-12)9-2-3-10-11(8-9)19-7-1-6-18-10/h2-3,8H,1,4-7H2,(H,14,16,17). The highest BCUT2D eigenvalue weighted by atomic mass is 16.5. The molecule has 0 spiro atoms. The Bertz CT molecular complexity index is 529. The Morgan fingerprint density at radius 3 is 2.68 bits per heavy atom. The maximum absolute atomic E-state index is 11.8. The average molecular weight is 262 g/mol. The number of urea groups is 1. The smallest absolute Gasteiger partial charge is 0.328 e. The Kier molecular flexibility index (Phi) is 2.98. The van der Waals surface area contributed by atoms with E-state index in [1.165, 1.54) is 4.90 Å². The van der Waals surface area contributed by atoms with E-state index in [-0.39, 0.29) is 5.91 Å². The lowest BCUT2D eigenvalue weighted by molar-refractivity contribution is -0.120. The van der Waals surface area contributed by atoms with Crippen LogP contribution >= 0.6 is 0 Å². The van der Waals surface area contributed by atoms with Gasteiger partial charge in [0, 0.05) is 31.1 Å². The summed E-state index contributed by atoms with van der Waals surface area (Å²) in [6, 6.07) is 4.96. The summed E-state index contributed by atoms with van der Waals surface area (Å²) in [6.45, 7) is 1.61. The number of carbonyl (C=O) groups excluding carboxylic acids is 2. The Balaban J connectivity index is 1.87. The molecule has 0 atom stereocenters. The zero-order valence-electron chi connectivity index (χ0n) is 10.3. The van der Waals surface area contributed by atoms with Gasteiger partial charge >= 0.3 is 6.03 Å². The molecule has 0 aromatic heterocycles. The summed E-state index contributed by atoms with van der Waals surface area (Å²) in [7, 11) is 0. The molecule has 1 fully saturated rings. The summed E-state index contributed by atoms with van der Waals surface area (Å²) in [5, 5.41) is 2.30. The molecular weight excluding hydrogens is 248 g/mol. The van der Waals surface area contributed by atoms with Crippen LogP contribution in [0.25, 0.3) is 0 Å². The highest BCUT2D eigenvalue weighted by Gasteiger charge is 2.25. The van der Waals surface area contributed by atoms with E-state index in [4.69, 9.17) is 9.47 Å². The largest absolute Gasteiger partial charge is 0.490 e. The van der Waals surface area contributed by atoms with Crippen LogP contribution in [0.15, 0.2) is 18.2 Å². The van der Waals surface area contributed by atoms with Gasteiger partial charge in [0.25, 0.3) is 0 Å². The van der Waals surface area contributed by atoms with Gasteiger partial charge in [-0.25, -0.2) is 4.79 Å². The molecule has 0 radical (unpaired) electrons. The van der Waals surface area contributed by atoms with Crippen LogP contribution in [0, 0.1) is 0 Å². The molecule has 6 heteroatoms. The van der Waals surface area contributed by atoms with Gasteiger partial charge in [0.2, 0.25) is 5.91 Å². The molecule has 6 nitrogen and oxygen atoms in total. The number of imide groups is 1. The first kappa shape index (κ1) is 11.8. The second-order valence-electron chi connectivity index (χ2n) is 4.44. The van der Waals surface area contributed by atoms with Gasteiger partial charge in [0.15, 0.2) is 11.5 Å². The van der Waals surface area contributed by atoms with Gasteiger partial charge in [0.1, 0.15) is 0 Å². The molecule has 0 aliphatic carbocycles. The number of fused-ring (bicyclic) bond motifs is 1. The predicted molar refractivity (Wildman–Crippen MR) is 67.6 cm³/mol. The van der Waals surface area contributed by atoms with Gasteiger partial charge in [0.05, 0.1) is 13.2 Å². The topological polar surface area (TPSA) is 67.9 Å². The quantitative estimate of drug-likeness (QED) is 0.828. The minimum absolute atomic E-state index is 0.240. The van der Waals surface area contributed by atoms with E-state index in [2.05, 4.69) is 5.32 Å². The lowest BCUT2D eigenvalue weighted by Gasteiger charge is -2.27. The van der Waals surface area contributed by atoms with Gasteiger partial charge in [-0.15, -0.1) is 0 Å². The molecule has 1 aromatic rings. The highest BCUT2D eigenvalue weighted by molar-refractivity contribution is 6.05. The number of nitrogens with one attached hydrogen (secondary N) is 1. The number of amides is 3. The predicted octanol–water partition coefficient (Wildman–Crippen LogP) is 1.29. The molecule has 100 valence electrons. The molecule has 2 aliphatic rings. The maximum Gasteiger partial charge on any atom is 0.328 e. The van der Waals surface area contributed by atoms with Crippen molar-refractivity contribution >= 4 is 17.6 Å². The molecule has 1 N–H and O–H groups in total. The molecule has 0 saturated carbocycles. The van der Waals surface area contributed by atoms with Gasteiger partial charge in [-0.1, -0.05) is 0 Å². The third-order valence-corrected chi connectivity index (χ3v) is 3.10. The van der Waals surface area contributed by atoms with Gasteiger partial charge in [-0.2, -0.15) is 0 Å². The van der Waals surface area contributed by atoms with E-state index in [0.29, 0.717) is 43.4 Å². The fourth-order valence-corrected chi connectivity index (χ4v) is 2.13. The minimum atomic E-state index is -0.397. The second kappa shape index (κ2) is 4.79. The van der Waals surface area contributed by atoms with E-state index in [1.807, 2.05) is 0 Å². The summed E-state index contributed by atoms with van der Waals surface area (Å²) in [5.41, 5.74) is 0.703. The van der Waals surface area contributed by atoms with E-state index in [0.717, 1.165) is 6.42 Å². The summed E-state index contributed by atoms with van der Waals surface area (Å²) < 4.78 is 11.1. The van der Waals surface area contributed by atoms with Crippen molar-refractivity contribution in [1.82, 2.24) is 5.32 Å². The minimum Gasteiger partial charge on any atom is -0.490 e. The molecule has 19 heavy (non-hydrogen) atoms. The Morgan fingerprint density at radius 2 is 1.89 bits per heavy atom. The van der Waals surface area contributed by atoms with Crippen LogP contribution in [-0.4, -0.2) is 31.7 Å². The lowest BCUT2D eigenvalue weighted by Crippen LogP contribution is -2.49. The third kappa shape index (κ3) is 2.33. The Labute approximate surface area is 110 Å². The first-order valence-corrected chi connectivity index (χ1v) is 6.25. The van der Waals surface area contributed by atoms with Crippen molar-refractivity contribution in [2.75, 3.05) is 24.7 Å². The number of benzene rings is 1. The molecule has 0 unspecified atom stereocenters. The summed E-state index contributed by atoms with van der Waals surface area (Å²) in [6.07, 6.45) is 1.14. The van der Waals surface area contributed by atoms with E-state index < -0.39 is 6.03 Å². The van der Waals surface area contributed by atoms with Crippen molar-refractivity contribution < 1.29 is 19.1 Å². The highest BCUT2D eigenvalue weighted by Crippen LogP contribution is 2.34. The summed E-state index contributed by atoms with van der Waals surface area (Å²) in [5.74, 6) is 1.09. The monoisotopic (exact) mass is 262 g/mol. The number of carbonyl (C=O) groups is 2. The van der Waals surface area contributed by atoms with Crippen molar-refractivity contribution in [2.24, 2.45) is 0 Å². The van der Waals surface area contributed by atoms with Crippen LogP contribution in [0.4, 0.5) is 10.5 Å². The van der Waals surface area contributed by atoms with Crippen molar-refractivity contribution in [3.63, 3.8) is 0 Å². The number of anilines is 1. The molecule has 0 bridgehead atoms. The number of hydrogen-bond donors (Lipinski definition) is 1. The number of rotatable bonds is 1. The van der Waals surface area contributed by atoms with Gasteiger partial charge in [-0.05, 0) is 12.1 Å². The van der Waals surface area contributed by atoms with Crippen molar-refractivity contribution in [2.45, 2.75) is 12.8 Å². The Hall–Kier alpha value is -2.24. The number of hydrogen-bond acceptors (Lipinski definition) is 4.